The quantitative estimate of drug-likeness (QED) is 0.253. The fourth-order valence-electron chi connectivity index (χ4n) is 3.77. The highest BCUT2D eigenvalue weighted by atomic mass is 35.5. The number of rotatable bonds is 6. The smallest absolute Gasteiger partial charge is 0.288 e. The molecular formula is C25H16Cl2F3N7O. The van der Waals surface area contributed by atoms with Crippen molar-refractivity contribution >= 4 is 35.1 Å². The molecule has 0 aliphatic rings. The summed E-state index contributed by atoms with van der Waals surface area (Å²) in [6.45, 7) is 0.275. The number of halogens is 5. The molecule has 2 aromatic heterocycles. The van der Waals surface area contributed by atoms with E-state index < -0.39 is 17.6 Å². The molecule has 5 aromatic rings. The molecule has 0 aliphatic heterocycles. The lowest BCUT2D eigenvalue weighted by Crippen LogP contribution is -2.13. The first kappa shape index (κ1) is 25.4. The van der Waals surface area contributed by atoms with Crippen LogP contribution in [0.2, 0.25) is 10.0 Å². The maximum absolute atomic E-state index is 13.1. The number of aromatic nitrogens is 6. The molecule has 0 saturated heterocycles. The second-order valence-corrected chi connectivity index (χ2v) is 9.07. The van der Waals surface area contributed by atoms with Crippen molar-refractivity contribution < 1.29 is 18.0 Å². The standard InChI is InChI=1S/C25H16Cl2F3N7O/c26-19-9-17(10-20(27)11-19)21-12-22(15-5-7-18(8-6-15)25(28,29)30)37(34-21)13-14-1-3-16(4-2-14)23(38)31-24-32-35-36-33-24/h1-12H,13H2,(H2,31,32,33,35,36,38). The highest BCUT2D eigenvalue weighted by molar-refractivity contribution is 6.35. The van der Waals surface area contributed by atoms with Crippen LogP contribution in [0.15, 0.2) is 72.8 Å². The number of amides is 1. The van der Waals surface area contributed by atoms with Crippen LogP contribution in [0.5, 0.6) is 0 Å². The number of alkyl halides is 3. The lowest BCUT2D eigenvalue weighted by Gasteiger charge is -2.10. The zero-order chi connectivity index (χ0) is 26.9. The summed E-state index contributed by atoms with van der Waals surface area (Å²) in [6.07, 6.45) is -4.45. The molecule has 2 N–H and O–H groups in total. The fraction of sp³-hybridized carbons (Fsp3) is 0.0800. The summed E-state index contributed by atoms with van der Waals surface area (Å²) in [6, 6.07) is 18.4. The van der Waals surface area contributed by atoms with Crippen LogP contribution in [-0.2, 0) is 12.7 Å². The number of aromatic amines is 1. The Morgan fingerprint density at radius 2 is 1.61 bits per heavy atom. The van der Waals surface area contributed by atoms with Crippen molar-refractivity contribution in [2.24, 2.45) is 0 Å². The lowest BCUT2D eigenvalue weighted by atomic mass is 10.1. The van der Waals surface area contributed by atoms with Gasteiger partial charge in [-0.25, -0.2) is 0 Å². The Hall–Kier alpha value is -4.22. The molecule has 0 unspecified atom stereocenters. The maximum atomic E-state index is 13.1. The van der Waals surface area contributed by atoms with Gasteiger partial charge < -0.3 is 0 Å². The van der Waals surface area contributed by atoms with Crippen LogP contribution in [0.1, 0.15) is 21.5 Å². The molecule has 13 heteroatoms. The van der Waals surface area contributed by atoms with Crippen LogP contribution < -0.4 is 5.32 Å². The Bertz CT molecular complexity index is 1560. The largest absolute Gasteiger partial charge is 0.416 e. The Balaban J connectivity index is 1.47. The number of anilines is 1. The van der Waals surface area contributed by atoms with Crippen LogP contribution in [-0.4, -0.2) is 36.3 Å². The summed E-state index contributed by atoms with van der Waals surface area (Å²) in [5.74, 6) is -0.368. The molecular weight excluding hydrogens is 542 g/mol. The predicted octanol–water partition coefficient (Wildman–Crippen LogP) is 6.36. The van der Waals surface area contributed by atoms with Gasteiger partial charge in [-0.2, -0.15) is 23.5 Å². The van der Waals surface area contributed by atoms with Crippen molar-refractivity contribution in [2.75, 3.05) is 5.32 Å². The zero-order valence-electron chi connectivity index (χ0n) is 19.2. The van der Waals surface area contributed by atoms with Crippen molar-refractivity contribution in [1.29, 1.82) is 0 Å². The van der Waals surface area contributed by atoms with Crippen LogP contribution in [0.3, 0.4) is 0 Å². The van der Waals surface area contributed by atoms with Crippen molar-refractivity contribution in [3.05, 3.63) is 99.5 Å². The maximum Gasteiger partial charge on any atom is 0.416 e. The summed E-state index contributed by atoms with van der Waals surface area (Å²) in [5.41, 5.74) is 2.75. The first-order valence-corrected chi connectivity index (χ1v) is 11.8. The zero-order valence-corrected chi connectivity index (χ0v) is 20.7. The Kier molecular flexibility index (Phi) is 6.87. The van der Waals surface area contributed by atoms with Gasteiger partial charge >= 0.3 is 6.18 Å². The minimum atomic E-state index is -4.45. The Morgan fingerprint density at radius 3 is 2.21 bits per heavy atom. The molecule has 5 rings (SSSR count). The van der Waals surface area contributed by atoms with Crippen molar-refractivity contribution in [1.82, 2.24) is 30.4 Å². The van der Waals surface area contributed by atoms with Crippen LogP contribution >= 0.6 is 23.2 Å². The summed E-state index contributed by atoms with van der Waals surface area (Å²) in [7, 11) is 0. The number of H-pyrrole nitrogens is 1. The third-order valence-corrected chi connectivity index (χ3v) is 6.00. The van der Waals surface area contributed by atoms with Gasteiger partial charge in [0.2, 0.25) is 0 Å². The molecule has 192 valence electrons. The topological polar surface area (TPSA) is 101 Å². The number of carbonyl (C=O) groups is 1. The average Bonchev–Trinajstić information content (AvgIpc) is 3.54. The van der Waals surface area contributed by atoms with Crippen LogP contribution in [0.4, 0.5) is 19.1 Å². The fourth-order valence-corrected chi connectivity index (χ4v) is 4.29. The van der Waals surface area contributed by atoms with E-state index in [4.69, 9.17) is 23.2 Å². The minimum Gasteiger partial charge on any atom is -0.288 e. The molecule has 8 nitrogen and oxygen atoms in total. The summed E-state index contributed by atoms with van der Waals surface area (Å²) in [4.78, 5) is 12.4. The third-order valence-electron chi connectivity index (χ3n) is 5.57. The van der Waals surface area contributed by atoms with E-state index in [0.29, 0.717) is 38.1 Å². The SMILES string of the molecule is O=C(Nc1nn[nH]n1)c1ccc(Cn2nc(-c3cc(Cl)cc(Cl)c3)cc2-c2ccc(C(F)(F)F)cc2)cc1. The Morgan fingerprint density at radius 1 is 0.921 bits per heavy atom. The van der Waals surface area contributed by atoms with Gasteiger partial charge in [-0.1, -0.05) is 52.6 Å². The summed E-state index contributed by atoms with van der Waals surface area (Å²) in [5, 5.41) is 21.0. The van der Waals surface area contributed by atoms with E-state index in [9.17, 15) is 18.0 Å². The molecule has 1 amide bonds. The molecule has 0 saturated carbocycles. The van der Waals surface area contributed by atoms with Crippen molar-refractivity contribution in [2.45, 2.75) is 12.7 Å². The number of hydrogen-bond donors (Lipinski definition) is 2. The molecule has 0 spiro atoms. The van der Waals surface area contributed by atoms with E-state index in [1.54, 1.807) is 53.2 Å². The van der Waals surface area contributed by atoms with Crippen molar-refractivity contribution in [3.63, 3.8) is 0 Å². The third kappa shape index (κ3) is 5.68. The van der Waals surface area contributed by atoms with Crippen LogP contribution in [0, 0.1) is 0 Å². The number of carbonyl (C=O) groups excluding carboxylic acids is 1. The molecule has 0 radical (unpaired) electrons. The highest BCUT2D eigenvalue weighted by Gasteiger charge is 2.30. The van der Waals surface area contributed by atoms with Gasteiger partial charge in [0.1, 0.15) is 0 Å². The Labute approximate surface area is 223 Å². The van der Waals surface area contributed by atoms with Gasteiger partial charge in [-0.3, -0.25) is 14.8 Å². The second-order valence-electron chi connectivity index (χ2n) is 8.19. The first-order chi connectivity index (χ1) is 18.2. The predicted molar refractivity (Wildman–Crippen MR) is 136 cm³/mol. The molecule has 0 bridgehead atoms. The van der Waals surface area contributed by atoms with Crippen LogP contribution in [0.25, 0.3) is 22.5 Å². The molecule has 3 aromatic carbocycles. The number of tetrazole rings is 1. The molecule has 2 heterocycles. The molecule has 0 aliphatic carbocycles. The van der Waals surface area contributed by atoms with E-state index in [0.717, 1.165) is 17.7 Å². The summed E-state index contributed by atoms with van der Waals surface area (Å²) < 4.78 is 41.0. The monoisotopic (exact) mass is 557 g/mol. The van der Waals surface area contributed by atoms with Gasteiger partial charge in [-0.05, 0) is 64.9 Å². The number of nitrogens with one attached hydrogen (secondary N) is 2. The first-order valence-electron chi connectivity index (χ1n) is 11.0. The number of benzene rings is 3. The number of hydrogen-bond acceptors (Lipinski definition) is 5. The lowest BCUT2D eigenvalue weighted by molar-refractivity contribution is -0.137. The molecule has 0 fully saturated rings. The second kappa shape index (κ2) is 10.3. The van der Waals surface area contributed by atoms with Gasteiger partial charge in [0.25, 0.3) is 11.9 Å². The van der Waals surface area contributed by atoms with Gasteiger partial charge in [-0.15, -0.1) is 5.10 Å². The van der Waals surface area contributed by atoms with E-state index in [-0.39, 0.29) is 12.5 Å². The summed E-state index contributed by atoms with van der Waals surface area (Å²) >= 11 is 12.3. The average molecular weight is 558 g/mol. The van der Waals surface area contributed by atoms with E-state index >= 15 is 0 Å². The minimum absolute atomic E-state index is 0.0467. The normalized spacial score (nSPS) is 11.5. The van der Waals surface area contributed by atoms with Gasteiger partial charge in [0.05, 0.1) is 23.5 Å². The molecule has 38 heavy (non-hydrogen) atoms. The van der Waals surface area contributed by atoms with Gasteiger partial charge in [0.15, 0.2) is 0 Å². The number of nitrogens with zero attached hydrogens (tertiary/aromatic N) is 5. The highest BCUT2D eigenvalue weighted by Crippen LogP contribution is 2.33. The van der Waals surface area contributed by atoms with Gasteiger partial charge in [0, 0.05) is 21.2 Å². The van der Waals surface area contributed by atoms with E-state index in [2.05, 4.69) is 31.0 Å². The van der Waals surface area contributed by atoms with E-state index in [1.165, 1.54) is 12.1 Å². The van der Waals surface area contributed by atoms with Crippen molar-refractivity contribution in [3.8, 4) is 22.5 Å². The van der Waals surface area contributed by atoms with E-state index in [1.807, 2.05) is 0 Å². The molecule has 0 atom stereocenters.